The molecule has 2 unspecified atom stereocenters. The fourth-order valence-corrected chi connectivity index (χ4v) is 7.20. The average Bonchev–Trinajstić information content (AvgIpc) is 3.38. The number of hydrogen-bond acceptors (Lipinski definition) is 5. The third kappa shape index (κ3) is 2.70. The van der Waals surface area contributed by atoms with Crippen molar-refractivity contribution in [1.29, 1.82) is 10.7 Å². The number of nitriles is 1. The second kappa shape index (κ2) is 6.05. The number of benzene rings is 2. The van der Waals surface area contributed by atoms with Crippen LogP contribution in [0.15, 0.2) is 36.4 Å². The molecule has 1 saturated heterocycles. The molecule has 0 amide bonds. The fraction of sp³-hybridized carbons (Fsp3) is 0.391. The van der Waals surface area contributed by atoms with Crippen LogP contribution >= 0.6 is 11.3 Å². The van der Waals surface area contributed by atoms with Gasteiger partial charge >= 0.3 is 0 Å². The van der Waals surface area contributed by atoms with Crippen molar-refractivity contribution in [3.8, 4) is 6.07 Å². The number of fused-ring (bicyclic) bond motifs is 3. The van der Waals surface area contributed by atoms with Crippen LogP contribution in [0.3, 0.4) is 0 Å². The quantitative estimate of drug-likeness (QED) is 0.609. The highest BCUT2D eigenvalue weighted by Crippen LogP contribution is 2.48. The van der Waals surface area contributed by atoms with Gasteiger partial charge in [-0.25, -0.2) is 8.42 Å². The van der Waals surface area contributed by atoms with Crippen molar-refractivity contribution in [2.45, 2.75) is 43.4 Å². The summed E-state index contributed by atoms with van der Waals surface area (Å²) in [5.41, 5.74) is 1.21. The number of thiophene rings is 1. The largest absolute Gasteiger partial charge is 0.362 e. The van der Waals surface area contributed by atoms with Crippen LogP contribution in [-0.4, -0.2) is 24.8 Å². The molecule has 3 aromatic rings. The van der Waals surface area contributed by atoms with E-state index in [0.29, 0.717) is 5.92 Å². The van der Waals surface area contributed by atoms with Gasteiger partial charge in [0.25, 0.3) is 0 Å². The Morgan fingerprint density at radius 1 is 1.13 bits per heavy atom. The molecule has 1 aromatic heterocycles. The molecule has 3 atom stereocenters. The third-order valence-corrected chi connectivity index (χ3v) is 10.6. The fourth-order valence-electron chi connectivity index (χ4n) is 4.41. The minimum absolute atomic E-state index is 0.0325. The van der Waals surface area contributed by atoms with Crippen LogP contribution in [-0.2, 0) is 15.4 Å². The topological polar surface area (TPSA) is 93.8 Å². The summed E-state index contributed by atoms with van der Waals surface area (Å²) in [5.74, 6) is 0.418. The molecule has 2 heterocycles. The molecule has 30 heavy (non-hydrogen) atoms. The number of nitrogens with one attached hydrogen (secondary N) is 2. The van der Waals surface area contributed by atoms with Crippen LogP contribution in [0.25, 0.3) is 20.2 Å². The highest BCUT2D eigenvalue weighted by molar-refractivity contribution is 7.93. The first kappa shape index (κ1) is 19.5. The lowest BCUT2D eigenvalue weighted by Gasteiger charge is -2.43. The van der Waals surface area contributed by atoms with Gasteiger partial charge in [-0.05, 0) is 62.6 Å². The lowest BCUT2D eigenvalue weighted by molar-refractivity contribution is 0.443. The van der Waals surface area contributed by atoms with Crippen LogP contribution in [0.5, 0.6) is 0 Å². The van der Waals surface area contributed by atoms with Crippen LogP contribution in [0.4, 0.5) is 0 Å². The number of nitrogens with zero attached hydrogens (tertiary/aromatic N) is 1. The van der Waals surface area contributed by atoms with E-state index in [1.807, 2.05) is 19.1 Å². The zero-order chi connectivity index (χ0) is 21.5. The maximum atomic E-state index is 12.9. The summed E-state index contributed by atoms with van der Waals surface area (Å²) in [6, 6.07) is 14.9. The average molecular weight is 438 g/mol. The van der Waals surface area contributed by atoms with Gasteiger partial charge in [-0.1, -0.05) is 12.1 Å². The molecule has 7 heteroatoms. The summed E-state index contributed by atoms with van der Waals surface area (Å²) in [5, 5.41) is 22.9. The Morgan fingerprint density at radius 3 is 2.43 bits per heavy atom. The molecule has 1 aliphatic heterocycles. The summed E-state index contributed by atoms with van der Waals surface area (Å²) in [6.07, 6.45) is 0.924. The number of amidine groups is 1. The van der Waals surface area contributed by atoms with Crippen LogP contribution in [0.2, 0.25) is 0 Å². The highest BCUT2D eigenvalue weighted by atomic mass is 32.2. The van der Waals surface area contributed by atoms with E-state index in [4.69, 9.17) is 5.41 Å². The Labute approximate surface area is 180 Å². The van der Waals surface area contributed by atoms with Gasteiger partial charge in [0.1, 0.15) is 10.6 Å². The molecule has 2 aliphatic rings. The third-order valence-electron chi connectivity index (χ3n) is 6.77. The van der Waals surface area contributed by atoms with Crippen molar-refractivity contribution in [2.75, 3.05) is 5.75 Å². The summed E-state index contributed by atoms with van der Waals surface area (Å²) in [6.45, 7) is 5.03. The van der Waals surface area contributed by atoms with E-state index >= 15 is 0 Å². The zero-order valence-electron chi connectivity index (χ0n) is 17.1. The van der Waals surface area contributed by atoms with Gasteiger partial charge in [0, 0.05) is 26.1 Å². The molecule has 0 radical (unpaired) electrons. The molecule has 1 saturated carbocycles. The lowest BCUT2D eigenvalue weighted by atomic mass is 9.91. The van der Waals surface area contributed by atoms with Gasteiger partial charge in [0.15, 0.2) is 9.84 Å². The van der Waals surface area contributed by atoms with Crippen molar-refractivity contribution in [1.82, 2.24) is 5.32 Å². The zero-order valence-corrected chi connectivity index (χ0v) is 18.7. The summed E-state index contributed by atoms with van der Waals surface area (Å²) in [7, 11) is -3.48. The molecule has 5 rings (SSSR count). The van der Waals surface area contributed by atoms with Gasteiger partial charge in [-0.3, -0.25) is 5.41 Å². The predicted octanol–water partition coefficient (Wildman–Crippen LogP) is 4.67. The maximum absolute atomic E-state index is 12.9. The lowest BCUT2D eigenvalue weighted by Crippen LogP contribution is -2.63. The Balaban J connectivity index is 1.62. The highest BCUT2D eigenvalue weighted by Gasteiger charge is 2.50. The van der Waals surface area contributed by atoms with Gasteiger partial charge in [-0.2, -0.15) is 5.26 Å². The first-order valence-electron chi connectivity index (χ1n) is 10.0. The molecule has 2 N–H and O–H groups in total. The van der Waals surface area contributed by atoms with Crippen LogP contribution in [0, 0.1) is 22.7 Å². The normalized spacial score (nSPS) is 29.5. The van der Waals surface area contributed by atoms with Gasteiger partial charge in [-0.15, -0.1) is 11.3 Å². The molecule has 154 valence electrons. The predicted molar refractivity (Wildman–Crippen MR) is 122 cm³/mol. The van der Waals surface area contributed by atoms with E-state index in [9.17, 15) is 13.7 Å². The molecular formula is C23H23N3O2S2. The van der Waals surface area contributed by atoms with E-state index in [0.717, 1.165) is 27.5 Å². The van der Waals surface area contributed by atoms with Crippen molar-refractivity contribution in [3.63, 3.8) is 0 Å². The Bertz CT molecular complexity index is 1380. The number of rotatable bonds is 2. The van der Waals surface area contributed by atoms with E-state index in [2.05, 4.69) is 35.7 Å². The van der Waals surface area contributed by atoms with Crippen molar-refractivity contribution in [2.24, 2.45) is 5.92 Å². The first-order valence-corrected chi connectivity index (χ1v) is 12.5. The van der Waals surface area contributed by atoms with E-state index in [-0.39, 0.29) is 17.5 Å². The van der Waals surface area contributed by atoms with Gasteiger partial charge in [0.05, 0.1) is 23.3 Å². The summed E-state index contributed by atoms with van der Waals surface area (Å²) < 4.78 is 26.9. The minimum Gasteiger partial charge on any atom is -0.362 e. The maximum Gasteiger partial charge on any atom is 0.165 e. The second-order valence-electron chi connectivity index (χ2n) is 9.25. The molecule has 2 fully saturated rings. The minimum atomic E-state index is -3.48. The Hall–Kier alpha value is -2.43. The standard InChI is InChI=1S/C23H23N3O2S2/c1-22(2)21(25)26-23(3,12-30(22,27)28)15-5-7-20-18(10-15)17-8-13(4-6-19(17)29-20)16-9-14(16)11-24/h4-8,10,14,16H,9,12H2,1-3H3,(H2,25,26)/t14?,16?,23-/m0/s1. The summed E-state index contributed by atoms with van der Waals surface area (Å²) in [4.78, 5) is 0. The molecule has 5 nitrogen and oxygen atoms in total. The Morgan fingerprint density at radius 2 is 1.80 bits per heavy atom. The molecular weight excluding hydrogens is 414 g/mol. The van der Waals surface area contributed by atoms with Crippen LogP contribution < -0.4 is 5.32 Å². The van der Waals surface area contributed by atoms with Crippen LogP contribution in [0.1, 0.15) is 44.2 Å². The SMILES string of the molecule is CC1(C)C(=N)N[C@](C)(c2ccc3sc4ccc(C5CC5C#N)cc4c3c2)CS1(=O)=O. The first-order chi connectivity index (χ1) is 14.1. The molecule has 1 aliphatic carbocycles. The Kier molecular flexibility index (Phi) is 3.94. The molecule has 0 bridgehead atoms. The van der Waals surface area contributed by atoms with E-state index < -0.39 is 20.1 Å². The van der Waals surface area contributed by atoms with Gasteiger partial charge in [0.2, 0.25) is 0 Å². The van der Waals surface area contributed by atoms with Crippen molar-refractivity contribution < 1.29 is 8.42 Å². The monoisotopic (exact) mass is 437 g/mol. The van der Waals surface area contributed by atoms with E-state index in [1.165, 1.54) is 10.3 Å². The smallest absolute Gasteiger partial charge is 0.165 e. The van der Waals surface area contributed by atoms with E-state index in [1.54, 1.807) is 25.2 Å². The second-order valence-corrected chi connectivity index (χ2v) is 12.9. The number of hydrogen-bond donors (Lipinski definition) is 2. The molecule has 0 spiro atoms. The molecule has 2 aromatic carbocycles. The summed E-state index contributed by atoms with van der Waals surface area (Å²) >= 11 is 1.72. The van der Waals surface area contributed by atoms with Crippen molar-refractivity contribution >= 4 is 47.2 Å². The van der Waals surface area contributed by atoms with Gasteiger partial charge < -0.3 is 5.32 Å². The van der Waals surface area contributed by atoms with Crippen molar-refractivity contribution in [3.05, 3.63) is 47.5 Å². The number of sulfone groups is 1.